The van der Waals surface area contributed by atoms with Crippen LogP contribution in [0.15, 0.2) is 24.3 Å². The third-order valence-corrected chi connectivity index (χ3v) is 9.87. The standard InChI is InChI=1S/C27H40N2O5S/c1-4-12-19(2)28-16-11-14-27-20(21-25(33)34-18-10-5-7-13-26(21,3)35-27)23(31)29(22(27)24(28)32)15-8-6-9-17-30/h7,11,13-14,19-22,30H,4-6,8-10,12,15-18H2,1-3H3/b13-7-/t19?,20-,21+,22?,26-,27-/m0/s1. The van der Waals surface area contributed by atoms with Gasteiger partial charge in [0, 0.05) is 30.5 Å². The molecule has 0 aromatic carbocycles. The predicted molar refractivity (Wildman–Crippen MR) is 137 cm³/mol. The lowest BCUT2D eigenvalue weighted by Crippen LogP contribution is -2.55. The quantitative estimate of drug-likeness (QED) is 0.310. The van der Waals surface area contributed by atoms with Gasteiger partial charge >= 0.3 is 5.97 Å². The molecule has 35 heavy (non-hydrogen) atoms. The van der Waals surface area contributed by atoms with E-state index in [0.29, 0.717) is 32.5 Å². The third kappa shape index (κ3) is 4.57. The molecule has 2 fully saturated rings. The fraction of sp³-hybridized carbons (Fsp3) is 0.741. The van der Waals surface area contributed by atoms with Crippen LogP contribution in [-0.4, -0.2) is 80.6 Å². The number of ether oxygens (including phenoxy) is 1. The Morgan fingerprint density at radius 3 is 2.69 bits per heavy atom. The molecule has 0 bridgehead atoms. The Hall–Kier alpha value is -1.80. The number of aliphatic hydroxyl groups is 1. The molecule has 194 valence electrons. The van der Waals surface area contributed by atoms with Crippen molar-refractivity contribution in [3.05, 3.63) is 24.3 Å². The van der Waals surface area contributed by atoms with Crippen LogP contribution < -0.4 is 0 Å². The van der Waals surface area contributed by atoms with Crippen molar-refractivity contribution in [1.29, 1.82) is 0 Å². The summed E-state index contributed by atoms with van der Waals surface area (Å²) < 4.78 is 4.22. The third-order valence-electron chi connectivity index (χ3n) is 8.08. The molecule has 2 saturated heterocycles. The van der Waals surface area contributed by atoms with Gasteiger partial charge in [0.2, 0.25) is 11.8 Å². The highest BCUT2D eigenvalue weighted by Gasteiger charge is 2.73. The van der Waals surface area contributed by atoms with E-state index >= 15 is 0 Å². The fourth-order valence-electron chi connectivity index (χ4n) is 6.43. The van der Waals surface area contributed by atoms with Gasteiger partial charge in [-0.25, -0.2) is 0 Å². The molecule has 0 radical (unpaired) electrons. The molecule has 0 saturated carbocycles. The number of nitrogens with zero attached hydrogens (tertiary/aromatic N) is 2. The predicted octanol–water partition coefficient (Wildman–Crippen LogP) is 3.32. The second-order valence-electron chi connectivity index (χ2n) is 10.6. The zero-order chi connectivity index (χ0) is 25.2. The Labute approximate surface area is 213 Å². The van der Waals surface area contributed by atoms with Gasteiger partial charge in [0.25, 0.3) is 0 Å². The molecule has 4 aliphatic heterocycles. The van der Waals surface area contributed by atoms with Gasteiger partial charge in [-0.3, -0.25) is 14.4 Å². The molecular formula is C27H40N2O5S. The molecule has 2 unspecified atom stereocenters. The van der Waals surface area contributed by atoms with Crippen LogP contribution >= 0.6 is 11.8 Å². The van der Waals surface area contributed by atoms with Gasteiger partial charge < -0.3 is 19.6 Å². The first-order valence-electron chi connectivity index (χ1n) is 13.2. The number of amides is 2. The minimum Gasteiger partial charge on any atom is -0.465 e. The maximum absolute atomic E-state index is 14.2. The number of allylic oxidation sites excluding steroid dienone is 1. The number of hydrogen-bond donors (Lipinski definition) is 1. The summed E-state index contributed by atoms with van der Waals surface area (Å²) >= 11 is 1.61. The van der Waals surface area contributed by atoms with Gasteiger partial charge in [0.05, 0.1) is 23.2 Å². The highest BCUT2D eigenvalue weighted by molar-refractivity contribution is 8.02. The van der Waals surface area contributed by atoms with Crippen LogP contribution in [0, 0.1) is 11.8 Å². The van der Waals surface area contributed by atoms with Crippen LogP contribution in [0.1, 0.15) is 65.7 Å². The zero-order valence-electron chi connectivity index (χ0n) is 21.3. The van der Waals surface area contributed by atoms with E-state index in [-0.39, 0.29) is 30.4 Å². The van der Waals surface area contributed by atoms with E-state index in [2.05, 4.69) is 32.1 Å². The van der Waals surface area contributed by atoms with Gasteiger partial charge in [-0.05, 0) is 52.4 Å². The summed E-state index contributed by atoms with van der Waals surface area (Å²) in [6, 6.07) is -0.577. The lowest BCUT2D eigenvalue weighted by atomic mass is 9.74. The first-order chi connectivity index (χ1) is 16.8. The van der Waals surface area contributed by atoms with Crippen molar-refractivity contribution in [3.8, 4) is 0 Å². The number of unbranched alkanes of at least 4 members (excludes halogenated alkanes) is 2. The number of likely N-dealkylation sites (tertiary alicyclic amines) is 1. The first kappa shape index (κ1) is 26.3. The molecule has 6 atom stereocenters. The Bertz CT molecular complexity index is 891. The molecule has 8 heteroatoms. The first-order valence-corrected chi connectivity index (χ1v) is 14.1. The maximum Gasteiger partial charge on any atom is 0.311 e. The SMILES string of the molecule is CCCC(C)N1CC=C[C@]23S[C@@]4(C)/C=C\CCCOC(=O)[C@H]4[C@H]2C(=O)N(CCCCCO)C3C1=O. The average Bonchev–Trinajstić information content (AvgIpc) is 3.16. The number of esters is 1. The number of rotatable bonds is 8. The molecule has 0 aliphatic carbocycles. The summed E-state index contributed by atoms with van der Waals surface area (Å²) in [6.45, 7) is 7.64. The number of carbonyl (C=O) groups excluding carboxylic acids is 3. The summed E-state index contributed by atoms with van der Waals surface area (Å²) in [4.78, 5) is 45.4. The van der Waals surface area contributed by atoms with Crippen LogP contribution in [0.25, 0.3) is 0 Å². The number of cyclic esters (lactones) is 1. The van der Waals surface area contributed by atoms with Gasteiger partial charge in [-0.2, -0.15) is 0 Å². The van der Waals surface area contributed by atoms with Gasteiger partial charge in [-0.1, -0.05) is 37.6 Å². The van der Waals surface area contributed by atoms with Crippen molar-refractivity contribution < 1.29 is 24.2 Å². The summed E-state index contributed by atoms with van der Waals surface area (Å²) in [5, 5.41) is 9.20. The second kappa shape index (κ2) is 10.7. The highest BCUT2D eigenvalue weighted by Crippen LogP contribution is 2.65. The van der Waals surface area contributed by atoms with Gasteiger partial charge in [0.1, 0.15) is 6.04 Å². The molecular weight excluding hydrogens is 464 g/mol. The molecule has 0 aromatic rings. The maximum atomic E-state index is 14.2. The normalized spacial score (nSPS) is 36.5. The Morgan fingerprint density at radius 1 is 1.14 bits per heavy atom. The van der Waals surface area contributed by atoms with Crippen LogP contribution in [-0.2, 0) is 19.1 Å². The van der Waals surface area contributed by atoms with Crippen LogP contribution in [0.3, 0.4) is 0 Å². The van der Waals surface area contributed by atoms with E-state index in [1.54, 1.807) is 16.7 Å². The van der Waals surface area contributed by atoms with Gasteiger partial charge in [-0.15, -0.1) is 11.8 Å². The molecule has 7 nitrogen and oxygen atoms in total. The molecule has 4 rings (SSSR count). The topological polar surface area (TPSA) is 87.2 Å². The van der Waals surface area contributed by atoms with E-state index in [1.165, 1.54) is 0 Å². The Kier molecular flexibility index (Phi) is 8.01. The van der Waals surface area contributed by atoms with Crippen LogP contribution in [0.2, 0.25) is 0 Å². The molecule has 4 aliphatic rings. The largest absolute Gasteiger partial charge is 0.465 e. The molecule has 1 N–H and O–H groups in total. The van der Waals surface area contributed by atoms with E-state index in [0.717, 1.165) is 32.1 Å². The number of fused-ring (bicyclic) bond motifs is 2. The minimum absolute atomic E-state index is 0.0195. The van der Waals surface area contributed by atoms with Crippen molar-refractivity contribution in [2.75, 3.05) is 26.3 Å². The lowest BCUT2D eigenvalue weighted by molar-refractivity contribution is -0.154. The van der Waals surface area contributed by atoms with Crippen molar-refractivity contribution >= 4 is 29.5 Å². The van der Waals surface area contributed by atoms with Crippen molar-refractivity contribution in [3.63, 3.8) is 0 Å². The lowest BCUT2D eigenvalue weighted by Gasteiger charge is -2.38. The fourth-order valence-corrected chi connectivity index (χ4v) is 8.59. The number of aliphatic hydroxyl groups excluding tert-OH is 1. The average molecular weight is 505 g/mol. The Balaban J connectivity index is 1.78. The molecule has 0 aromatic heterocycles. The van der Waals surface area contributed by atoms with E-state index in [4.69, 9.17) is 4.74 Å². The highest BCUT2D eigenvalue weighted by atomic mass is 32.2. The summed E-state index contributed by atoms with van der Waals surface area (Å²) in [5.41, 5.74) is 0. The molecule has 2 amide bonds. The Morgan fingerprint density at radius 2 is 1.94 bits per heavy atom. The molecule has 4 heterocycles. The smallest absolute Gasteiger partial charge is 0.311 e. The minimum atomic E-state index is -0.812. The monoisotopic (exact) mass is 504 g/mol. The van der Waals surface area contributed by atoms with Gasteiger partial charge in [0.15, 0.2) is 0 Å². The van der Waals surface area contributed by atoms with E-state index in [9.17, 15) is 19.5 Å². The number of carbonyl (C=O) groups is 3. The summed E-state index contributed by atoms with van der Waals surface area (Å²) in [7, 11) is 0. The summed E-state index contributed by atoms with van der Waals surface area (Å²) in [5.74, 6) is -1.75. The van der Waals surface area contributed by atoms with E-state index < -0.39 is 27.4 Å². The molecule has 1 spiro atoms. The van der Waals surface area contributed by atoms with Crippen LogP contribution in [0.4, 0.5) is 0 Å². The van der Waals surface area contributed by atoms with E-state index in [1.807, 2.05) is 17.9 Å². The number of hydrogen-bond acceptors (Lipinski definition) is 6. The summed E-state index contributed by atoms with van der Waals surface area (Å²) in [6.07, 6.45) is 13.9. The second-order valence-corrected chi connectivity index (χ2v) is 12.3. The zero-order valence-corrected chi connectivity index (χ0v) is 22.1. The van der Waals surface area contributed by atoms with Crippen LogP contribution in [0.5, 0.6) is 0 Å². The van der Waals surface area contributed by atoms with Crippen molar-refractivity contribution in [1.82, 2.24) is 9.80 Å². The number of thioether (sulfide) groups is 1. The van der Waals surface area contributed by atoms with Crippen molar-refractivity contribution in [2.45, 2.75) is 87.3 Å². The van der Waals surface area contributed by atoms with Crippen molar-refractivity contribution in [2.24, 2.45) is 11.8 Å².